The molecular weight excluding hydrogens is 325 g/mol. The van der Waals surface area contributed by atoms with E-state index in [1.165, 1.54) is 24.3 Å². The van der Waals surface area contributed by atoms with Gasteiger partial charge in [-0.2, -0.15) is 0 Å². The van der Waals surface area contributed by atoms with Crippen molar-refractivity contribution < 1.29 is 27.1 Å². The largest absolute Gasteiger partial charge is 0.455 e. The fourth-order valence-corrected chi connectivity index (χ4v) is 4.54. The highest BCUT2D eigenvalue weighted by Gasteiger charge is 2.39. The van der Waals surface area contributed by atoms with Crippen molar-refractivity contribution in [1.29, 1.82) is 0 Å². The molecule has 1 saturated heterocycles. The number of ether oxygens (including phenoxy) is 1. The zero-order valence-corrected chi connectivity index (χ0v) is 13.5. The first kappa shape index (κ1) is 17.4. The molecule has 8 heteroatoms. The van der Waals surface area contributed by atoms with Crippen molar-refractivity contribution in [1.82, 2.24) is 5.32 Å². The highest BCUT2D eigenvalue weighted by atomic mass is 32.2. The maximum atomic E-state index is 12.8. The minimum atomic E-state index is -3.13. The van der Waals surface area contributed by atoms with E-state index in [4.69, 9.17) is 4.74 Å². The lowest BCUT2D eigenvalue weighted by Crippen LogP contribution is -2.48. The number of esters is 1. The van der Waals surface area contributed by atoms with Crippen LogP contribution in [-0.2, 0) is 30.6 Å². The third-order valence-corrected chi connectivity index (χ3v) is 5.47. The zero-order chi connectivity index (χ0) is 17.1. The standard InChI is InChI=1S/C15H18FNO5S/c1-15(6-7-23(20,21)10-15)17-13(18)9-22-14(19)8-11-2-4-12(16)5-3-11/h2-5H,6-10H2,1H3,(H,17,18)/t15-/m0/s1. The molecule has 126 valence electrons. The summed E-state index contributed by atoms with van der Waals surface area (Å²) in [6.45, 7) is 1.17. The van der Waals surface area contributed by atoms with Gasteiger partial charge in [0.15, 0.2) is 16.4 Å². The Morgan fingerprint density at radius 1 is 1.30 bits per heavy atom. The van der Waals surface area contributed by atoms with Gasteiger partial charge in [0.05, 0.1) is 23.5 Å². The number of hydrogen-bond acceptors (Lipinski definition) is 5. The van der Waals surface area contributed by atoms with Crippen LogP contribution < -0.4 is 5.32 Å². The molecule has 1 N–H and O–H groups in total. The Labute approximate surface area is 133 Å². The van der Waals surface area contributed by atoms with Gasteiger partial charge in [-0.1, -0.05) is 12.1 Å². The summed E-state index contributed by atoms with van der Waals surface area (Å²) < 4.78 is 40.5. The first-order chi connectivity index (χ1) is 10.7. The van der Waals surface area contributed by atoms with Gasteiger partial charge in [0, 0.05) is 0 Å². The first-order valence-corrected chi connectivity index (χ1v) is 8.91. The molecule has 1 aromatic carbocycles. The summed E-state index contributed by atoms with van der Waals surface area (Å²) in [5.74, 6) is -1.64. The second-order valence-electron chi connectivity index (χ2n) is 5.91. The van der Waals surface area contributed by atoms with Crippen LogP contribution in [0.1, 0.15) is 18.9 Å². The number of carbonyl (C=O) groups excluding carboxylic acids is 2. The molecule has 1 amide bonds. The molecule has 0 saturated carbocycles. The normalized spacial score (nSPS) is 22.5. The SMILES string of the molecule is C[C@]1(NC(=O)COC(=O)Cc2ccc(F)cc2)CCS(=O)(=O)C1. The summed E-state index contributed by atoms with van der Waals surface area (Å²) in [6, 6.07) is 5.38. The maximum absolute atomic E-state index is 12.8. The van der Waals surface area contributed by atoms with Crippen LogP contribution in [0, 0.1) is 5.82 Å². The van der Waals surface area contributed by atoms with E-state index >= 15 is 0 Å². The molecule has 0 bridgehead atoms. The number of nitrogens with one attached hydrogen (secondary N) is 1. The Hall–Kier alpha value is -1.96. The summed E-state index contributed by atoms with van der Waals surface area (Å²) in [5.41, 5.74) is -0.245. The van der Waals surface area contributed by atoms with Crippen molar-refractivity contribution in [2.75, 3.05) is 18.1 Å². The van der Waals surface area contributed by atoms with Crippen LogP contribution in [0.25, 0.3) is 0 Å². The van der Waals surface area contributed by atoms with Crippen LogP contribution in [0.15, 0.2) is 24.3 Å². The van der Waals surface area contributed by atoms with Gasteiger partial charge in [-0.05, 0) is 31.0 Å². The number of halogens is 1. The van der Waals surface area contributed by atoms with Gasteiger partial charge in [0.25, 0.3) is 5.91 Å². The highest BCUT2D eigenvalue weighted by molar-refractivity contribution is 7.91. The van der Waals surface area contributed by atoms with Crippen molar-refractivity contribution in [3.63, 3.8) is 0 Å². The molecule has 0 unspecified atom stereocenters. The highest BCUT2D eigenvalue weighted by Crippen LogP contribution is 2.22. The molecule has 0 aliphatic carbocycles. The van der Waals surface area contributed by atoms with Gasteiger partial charge < -0.3 is 10.1 Å². The Morgan fingerprint density at radius 2 is 1.96 bits per heavy atom. The van der Waals surface area contributed by atoms with Crippen LogP contribution in [0.4, 0.5) is 4.39 Å². The number of amides is 1. The predicted octanol–water partition coefficient (Wildman–Crippen LogP) is 0.605. The van der Waals surface area contributed by atoms with Crippen LogP contribution in [0.2, 0.25) is 0 Å². The van der Waals surface area contributed by atoms with Crippen LogP contribution >= 0.6 is 0 Å². The molecule has 1 aliphatic rings. The van der Waals surface area contributed by atoms with Crippen LogP contribution in [0.3, 0.4) is 0 Å². The van der Waals surface area contributed by atoms with Gasteiger partial charge >= 0.3 is 5.97 Å². The smallest absolute Gasteiger partial charge is 0.310 e. The van der Waals surface area contributed by atoms with Gasteiger partial charge in [0.2, 0.25) is 0 Å². The van der Waals surface area contributed by atoms with Crippen molar-refractivity contribution in [3.05, 3.63) is 35.6 Å². The Balaban J connectivity index is 1.78. The predicted molar refractivity (Wildman–Crippen MR) is 80.9 cm³/mol. The van der Waals surface area contributed by atoms with Crippen molar-refractivity contribution in [2.45, 2.75) is 25.3 Å². The number of sulfone groups is 1. The first-order valence-electron chi connectivity index (χ1n) is 7.09. The third-order valence-electron chi connectivity index (χ3n) is 3.57. The number of carbonyl (C=O) groups is 2. The topological polar surface area (TPSA) is 89.5 Å². The number of hydrogen-bond donors (Lipinski definition) is 1. The Morgan fingerprint density at radius 3 is 2.52 bits per heavy atom. The summed E-state index contributed by atoms with van der Waals surface area (Å²) in [6.07, 6.45) is 0.268. The molecule has 2 rings (SSSR count). The van der Waals surface area contributed by atoms with E-state index in [0.717, 1.165) is 0 Å². The lowest BCUT2D eigenvalue weighted by molar-refractivity contribution is -0.148. The molecule has 1 heterocycles. The third kappa shape index (κ3) is 5.31. The fraction of sp³-hybridized carbons (Fsp3) is 0.467. The zero-order valence-electron chi connectivity index (χ0n) is 12.7. The number of rotatable bonds is 5. The second kappa shape index (κ2) is 6.66. The minimum absolute atomic E-state index is 0.0358. The van der Waals surface area contributed by atoms with Gasteiger partial charge in [-0.25, -0.2) is 12.8 Å². The van der Waals surface area contributed by atoms with E-state index in [1.807, 2.05) is 0 Å². The Bertz CT molecular complexity index is 701. The fourth-order valence-electron chi connectivity index (χ4n) is 2.45. The maximum Gasteiger partial charge on any atom is 0.310 e. The molecule has 1 aliphatic heterocycles. The minimum Gasteiger partial charge on any atom is -0.455 e. The van der Waals surface area contributed by atoms with E-state index in [2.05, 4.69) is 5.32 Å². The average Bonchev–Trinajstić information content (AvgIpc) is 2.73. The van der Waals surface area contributed by atoms with E-state index in [0.29, 0.717) is 12.0 Å². The van der Waals surface area contributed by atoms with Crippen molar-refractivity contribution >= 4 is 21.7 Å². The molecule has 1 atom stereocenters. The van der Waals surface area contributed by atoms with E-state index in [9.17, 15) is 22.4 Å². The molecule has 6 nitrogen and oxygen atoms in total. The molecule has 1 aromatic rings. The van der Waals surface area contributed by atoms with E-state index in [-0.39, 0.29) is 17.9 Å². The quantitative estimate of drug-likeness (QED) is 0.791. The summed E-state index contributed by atoms with van der Waals surface area (Å²) in [4.78, 5) is 23.4. The monoisotopic (exact) mass is 343 g/mol. The van der Waals surface area contributed by atoms with Crippen molar-refractivity contribution in [2.24, 2.45) is 0 Å². The Kier molecular flexibility index (Phi) is 5.03. The van der Waals surface area contributed by atoms with Crippen LogP contribution in [0.5, 0.6) is 0 Å². The summed E-state index contributed by atoms with van der Waals surface area (Å²) >= 11 is 0. The summed E-state index contributed by atoms with van der Waals surface area (Å²) in [5, 5.41) is 2.59. The molecule has 0 aromatic heterocycles. The lowest BCUT2D eigenvalue weighted by Gasteiger charge is -2.23. The van der Waals surface area contributed by atoms with Gasteiger partial charge in [-0.3, -0.25) is 9.59 Å². The molecule has 1 fully saturated rings. The summed E-state index contributed by atoms with van der Waals surface area (Å²) in [7, 11) is -3.13. The molecule has 0 spiro atoms. The van der Waals surface area contributed by atoms with E-state index in [1.54, 1.807) is 6.92 Å². The molecule has 23 heavy (non-hydrogen) atoms. The van der Waals surface area contributed by atoms with Crippen molar-refractivity contribution in [3.8, 4) is 0 Å². The number of benzene rings is 1. The molecular formula is C15H18FNO5S. The lowest BCUT2D eigenvalue weighted by atomic mass is 10.0. The van der Waals surface area contributed by atoms with Crippen LogP contribution in [-0.4, -0.2) is 43.9 Å². The van der Waals surface area contributed by atoms with Gasteiger partial charge in [-0.15, -0.1) is 0 Å². The average molecular weight is 343 g/mol. The van der Waals surface area contributed by atoms with Gasteiger partial charge in [0.1, 0.15) is 5.82 Å². The van der Waals surface area contributed by atoms with E-state index < -0.39 is 39.7 Å². The second-order valence-corrected chi connectivity index (χ2v) is 8.10. The molecule has 0 radical (unpaired) electrons.